The third-order valence-corrected chi connectivity index (χ3v) is 3.98. The first-order valence-corrected chi connectivity index (χ1v) is 8.20. The van der Waals surface area contributed by atoms with Crippen LogP contribution in [0.15, 0.2) is 52.7 Å². The van der Waals surface area contributed by atoms with Crippen molar-refractivity contribution in [2.45, 2.75) is 13.5 Å². The van der Waals surface area contributed by atoms with Gasteiger partial charge < -0.3 is 14.4 Å². The van der Waals surface area contributed by atoms with Gasteiger partial charge in [0.15, 0.2) is 17.2 Å². The molecule has 27 heavy (non-hydrogen) atoms. The fourth-order valence-corrected chi connectivity index (χ4v) is 2.78. The summed E-state index contributed by atoms with van der Waals surface area (Å²) in [6.07, 6.45) is 1.41. The number of methoxy groups -OCH3 is 1. The molecule has 0 N–H and O–H groups in total. The monoisotopic (exact) mass is 373 g/mol. The van der Waals surface area contributed by atoms with Crippen molar-refractivity contribution in [2.24, 2.45) is 10.2 Å². The lowest BCUT2D eigenvalue weighted by molar-refractivity contribution is -0.112. The fraction of sp³-hybridized carbons (Fsp3) is 0.211. The van der Waals surface area contributed by atoms with Crippen molar-refractivity contribution in [3.63, 3.8) is 0 Å². The molecule has 2 aromatic rings. The highest BCUT2D eigenvalue weighted by atomic mass is 19.3. The van der Waals surface area contributed by atoms with Gasteiger partial charge in [-0.15, -0.1) is 5.10 Å². The van der Waals surface area contributed by atoms with Crippen LogP contribution >= 0.6 is 0 Å². The summed E-state index contributed by atoms with van der Waals surface area (Å²) in [6.45, 7) is -0.530. The number of carbonyl (C=O) groups excluding carboxylic acids is 1. The SMILES string of the molecule is CCN1C(=O)/C(=N/N=C\c2ccc(OC(F)F)c(OC)c2)c2ccccc21. The Balaban J connectivity index is 1.86. The second kappa shape index (κ2) is 7.94. The molecule has 6 nitrogen and oxygen atoms in total. The van der Waals surface area contributed by atoms with E-state index >= 15 is 0 Å². The molecule has 0 fully saturated rings. The number of alkyl halides is 2. The van der Waals surface area contributed by atoms with Crippen LogP contribution in [0.25, 0.3) is 0 Å². The average molecular weight is 373 g/mol. The van der Waals surface area contributed by atoms with Crippen molar-refractivity contribution in [1.29, 1.82) is 0 Å². The van der Waals surface area contributed by atoms with E-state index in [2.05, 4.69) is 14.9 Å². The molecule has 1 amide bonds. The van der Waals surface area contributed by atoms with Gasteiger partial charge in [0, 0.05) is 12.1 Å². The van der Waals surface area contributed by atoms with Gasteiger partial charge in [-0.1, -0.05) is 18.2 Å². The fourth-order valence-electron chi connectivity index (χ4n) is 2.78. The summed E-state index contributed by atoms with van der Waals surface area (Å²) in [5.74, 6) is -0.144. The molecule has 0 saturated heterocycles. The van der Waals surface area contributed by atoms with Gasteiger partial charge in [0.25, 0.3) is 5.91 Å². The summed E-state index contributed by atoms with van der Waals surface area (Å²) >= 11 is 0. The van der Waals surface area contributed by atoms with E-state index in [9.17, 15) is 13.6 Å². The van der Waals surface area contributed by atoms with Crippen LogP contribution in [0.4, 0.5) is 14.5 Å². The average Bonchev–Trinajstić information content (AvgIpc) is 2.93. The van der Waals surface area contributed by atoms with Gasteiger partial charge in [0.1, 0.15) is 0 Å². The highest BCUT2D eigenvalue weighted by Crippen LogP contribution is 2.30. The maximum absolute atomic E-state index is 12.5. The van der Waals surface area contributed by atoms with Crippen molar-refractivity contribution >= 4 is 23.5 Å². The molecule has 2 aromatic carbocycles. The minimum atomic E-state index is -2.94. The molecule has 0 bridgehead atoms. The van der Waals surface area contributed by atoms with Gasteiger partial charge in [-0.2, -0.15) is 13.9 Å². The zero-order valence-corrected chi connectivity index (χ0v) is 14.7. The van der Waals surface area contributed by atoms with Crippen LogP contribution in [0.1, 0.15) is 18.1 Å². The van der Waals surface area contributed by atoms with Gasteiger partial charge in [-0.25, -0.2) is 0 Å². The summed E-state index contributed by atoms with van der Waals surface area (Å²) in [6, 6.07) is 11.7. The Labute approximate surface area is 154 Å². The Morgan fingerprint density at radius 2 is 1.96 bits per heavy atom. The molecule has 3 rings (SSSR count). The number of fused-ring (bicyclic) bond motifs is 1. The largest absolute Gasteiger partial charge is 0.493 e. The summed E-state index contributed by atoms with van der Waals surface area (Å²) in [4.78, 5) is 14.1. The van der Waals surface area contributed by atoms with Crippen LogP contribution in [0.3, 0.4) is 0 Å². The Morgan fingerprint density at radius 1 is 1.19 bits per heavy atom. The minimum absolute atomic E-state index is 0.0746. The quantitative estimate of drug-likeness (QED) is 0.575. The zero-order chi connectivity index (χ0) is 19.4. The number of likely N-dealkylation sites (N-methyl/N-ethyl adjacent to an activating group) is 1. The van der Waals surface area contributed by atoms with E-state index in [0.717, 1.165) is 11.3 Å². The number of nitrogens with zero attached hydrogens (tertiary/aromatic N) is 3. The van der Waals surface area contributed by atoms with E-state index in [4.69, 9.17) is 4.74 Å². The first kappa shape index (κ1) is 18.5. The predicted octanol–water partition coefficient (Wildman–Crippen LogP) is 3.49. The molecule has 8 heteroatoms. The number of hydrogen-bond acceptors (Lipinski definition) is 5. The van der Waals surface area contributed by atoms with E-state index in [1.54, 1.807) is 4.90 Å². The molecule has 140 valence electrons. The molecule has 0 atom stereocenters. The van der Waals surface area contributed by atoms with E-state index in [-0.39, 0.29) is 23.1 Å². The van der Waals surface area contributed by atoms with Crippen molar-refractivity contribution in [1.82, 2.24) is 0 Å². The minimum Gasteiger partial charge on any atom is -0.493 e. The van der Waals surface area contributed by atoms with E-state index in [1.165, 1.54) is 31.5 Å². The van der Waals surface area contributed by atoms with Crippen molar-refractivity contribution in [3.05, 3.63) is 53.6 Å². The molecule has 1 aliphatic rings. The number of carbonyl (C=O) groups is 1. The molecule has 0 unspecified atom stereocenters. The lowest BCUT2D eigenvalue weighted by Crippen LogP contribution is -2.29. The number of amides is 1. The summed E-state index contributed by atoms with van der Waals surface area (Å²) < 4.78 is 34.2. The highest BCUT2D eigenvalue weighted by Gasteiger charge is 2.32. The molecule has 0 spiro atoms. The number of ether oxygens (including phenoxy) is 2. The topological polar surface area (TPSA) is 63.5 Å². The van der Waals surface area contributed by atoms with Crippen LogP contribution in [-0.2, 0) is 4.79 Å². The predicted molar refractivity (Wildman–Crippen MR) is 98.2 cm³/mol. The van der Waals surface area contributed by atoms with Gasteiger partial charge in [-0.05, 0) is 36.8 Å². The molecule has 0 saturated carbocycles. The maximum Gasteiger partial charge on any atom is 0.387 e. The van der Waals surface area contributed by atoms with Crippen LogP contribution < -0.4 is 14.4 Å². The van der Waals surface area contributed by atoms with Crippen molar-refractivity contribution in [3.8, 4) is 11.5 Å². The Bertz CT molecular complexity index is 913. The maximum atomic E-state index is 12.5. The molecular formula is C19H17F2N3O3. The first-order chi connectivity index (χ1) is 13.0. The summed E-state index contributed by atoms with van der Waals surface area (Å²) in [7, 11) is 1.35. The number of hydrogen-bond donors (Lipinski definition) is 0. The highest BCUT2D eigenvalue weighted by molar-refractivity contribution is 6.54. The Kier molecular flexibility index (Phi) is 5.44. The molecule has 0 aromatic heterocycles. The van der Waals surface area contributed by atoms with Gasteiger partial charge >= 0.3 is 6.61 Å². The van der Waals surface area contributed by atoms with Gasteiger partial charge in [0.2, 0.25) is 0 Å². The van der Waals surface area contributed by atoms with Crippen molar-refractivity contribution in [2.75, 3.05) is 18.6 Å². The summed E-state index contributed by atoms with van der Waals surface area (Å²) in [5.41, 5.74) is 2.34. The Morgan fingerprint density at radius 3 is 2.67 bits per heavy atom. The number of benzene rings is 2. The molecule has 0 aliphatic carbocycles. The van der Waals surface area contributed by atoms with E-state index in [0.29, 0.717) is 12.1 Å². The molecule has 1 heterocycles. The normalized spacial score (nSPS) is 15.1. The van der Waals surface area contributed by atoms with Gasteiger partial charge in [-0.3, -0.25) is 4.79 Å². The lowest BCUT2D eigenvalue weighted by atomic mass is 10.1. The Hall–Kier alpha value is -3.29. The van der Waals surface area contributed by atoms with Crippen molar-refractivity contribution < 1.29 is 23.0 Å². The van der Waals surface area contributed by atoms with Crippen LogP contribution in [0.2, 0.25) is 0 Å². The molecule has 0 radical (unpaired) electrons. The molecule has 1 aliphatic heterocycles. The second-order valence-electron chi connectivity index (χ2n) is 5.55. The smallest absolute Gasteiger partial charge is 0.387 e. The molecular weight excluding hydrogens is 356 g/mol. The van der Waals surface area contributed by atoms with Crippen LogP contribution in [0, 0.1) is 0 Å². The lowest BCUT2D eigenvalue weighted by Gasteiger charge is -2.12. The summed E-state index contributed by atoms with van der Waals surface area (Å²) in [5, 5.41) is 8.05. The number of rotatable bonds is 6. The number of para-hydroxylation sites is 1. The van der Waals surface area contributed by atoms with Gasteiger partial charge in [0.05, 0.1) is 19.0 Å². The number of halogens is 2. The van der Waals surface area contributed by atoms with E-state index in [1.807, 2.05) is 31.2 Å². The van der Waals surface area contributed by atoms with E-state index < -0.39 is 6.61 Å². The first-order valence-electron chi connectivity index (χ1n) is 8.20. The third kappa shape index (κ3) is 3.79. The second-order valence-corrected chi connectivity index (χ2v) is 5.55. The standard InChI is InChI=1S/C19H17F2N3O3/c1-3-24-14-7-5-4-6-13(14)17(18(24)25)23-22-11-12-8-9-15(27-19(20)21)16(10-12)26-2/h4-11,19H,3H2,1-2H3/b22-11-,23-17+. The zero-order valence-electron chi connectivity index (χ0n) is 14.7. The van der Waals surface area contributed by atoms with Crippen LogP contribution in [-0.4, -0.2) is 38.1 Å². The third-order valence-electron chi connectivity index (χ3n) is 3.98. The van der Waals surface area contributed by atoms with Crippen LogP contribution in [0.5, 0.6) is 11.5 Å². The number of anilines is 1.